The summed E-state index contributed by atoms with van der Waals surface area (Å²) in [6.07, 6.45) is 8.07. The second-order valence-corrected chi connectivity index (χ2v) is 10.9. The molecule has 1 aliphatic heterocycles. The van der Waals surface area contributed by atoms with Crippen LogP contribution >= 0.6 is 11.6 Å². The third-order valence-electron chi connectivity index (χ3n) is 8.00. The van der Waals surface area contributed by atoms with Gasteiger partial charge in [0.1, 0.15) is 0 Å². The molecule has 0 amide bonds. The standard InChI is InChI=1S/C29H33ClFN3O3/c1-17(36)24-14-32-27-9-6-19(20-12-25(30)29(37)26(31)13-20)11-23(27)28(24)33-21-7-4-18(5-8-21)15-34-10-2-3-22(34)16-35/h6,9,11-14,18,21-22,35,37H,2-5,7-8,10,15-16H2,1H3,(H,32,33)/t18?,21?,22-/m0/s1. The number of aromatic hydroxyl groups is 1. The summed E-state index contributed by atoms with van der Waals surface area (Å²) >= 11 is 6.02. The number of ketones is 1. The molecule has 0 unspecified atom stereocenters. The van der Waals surface area contributed by atoms with E-state index < -0.39 is 11.6 Å². The van der Waals surface area contributed by atoms with Crippen molar-refractivity contribution in [1.82, 2.24) is 9.88 Å². The van der Waals surface area contributed by atoms with E-state index in [2.05, 4.69) is 15.2 Å². The number of phenolic OH excluding ortho intramolecular Hbond substituents is 1. The molecule has 3 N–H and O–H groups in total. The van der Waals surface area contributed by atoms with E-state index in [-0.39, 0.29) is 23.5 Å². The number of aliphatic hydroxyl groups is 1. The number of rotatable bonds is 7. The van der Waals surface area contributed by atoms with Crippen LogP contribution in [0.1, 0.15) is 55.8 Å². The van der Waals surface area contributed by atoms with Crippen LogP contribution in [0.25, 0.3) is 22.0 Å². The fraction of sp³-hybridized carbons (Fsp3) is 0.448. The number of hydrogen-bond acceptors (Lipinski definition) is 6. The van der Waals surface area contributed by atoms with Gasteiger partial charge in [-0.25, -0.2) is 4.39 Å². The summed E-state index contributed by atoms with van der Waals surface area (Å²) in [7, 11) is 0. The number of halogens is 2. The Balaban J connectivity index is 1.39. The molecule has 3 aromatic rings. The maximum Gasteiger partial charge on any atom is 0.170 e. The van der Waals surface area contributed by atoms with Gasteiger partial charge in [0.15, 0.2) is 17.3 Å². The molecule has 1 atom stereocenters. The van der Waals surface area contributed by atoms with Crippen molar-refractivity contribution in [3.63, 3.8) is 0 Å². The first-order chi connectivity index (χ1) is 17.8. The van der Waals surface area contributed by atoms with Crippen molar-refractivity contribution in [3.8, 4) is 16.9 Å². The third kappa shape index (κ3) is 5.44. The van der Waals surface area contributed by atoms with E-state index in [1.807, 2.05) is 18.2 Å². The lowest BCUT2D eigenvalue weighted by Gasteiger charge is -2.34. The van der Waals surface area contributed by atoms with Gasteiger partial charge in [0.25, 0.3) is 0 Å². The quantitative estimate of drug-likeness (QED) is 0.326. The first kappa shape index (κ1) is 25.9. The number of pyridine rings is 1. The molecule has 1 saturated carbocycles. The Hall–Kier alpha value is -2.74. The minimum Gasteiger partial charge on any atom is -0.504 e. The summed E-state index contributed by atoms with van der Waals surface area (Å²) in [5.41, 5.74) is 3.27. The van der Waals surface area contributed by atoms with E-state index in [1.54, 1.807) is 6.20 Å². The number of nitrogens with zero attached hydrogens (tertiary/aromatic N) is 2. The van der Waals surface area contributed by atoms with Crippen LogP contribution in [0.5, 0.6) is 5.75 Å². The zero-order chi connectivity index (χ0) is 26.1. The fourth-order valence-corrected chi connectivity index (χ4v) is 6.10. The number of benzene rings is 2. The largest absolute Gasteiger partial charge is 0.504 e. The van der Waals surface area contributed by atoms with Gasteiger partial charge in [0.05, 0.1) is 28.4 Å². The SMILES string of the molecule is CC(=O)c1cnc2ccc(-c3cc(F)c(O)c(Cl)c3)cc2c1NC1CCC(CN2CCC[C@H]2CO)CC1. The maximum absolute atomic E-state index is 14.2. The minimum absolute atomic E-state index is 0.0555. The predicted molar refractivity (Wildman–Crippen MR) is 145 cm³/mol. The molecule has 8 heteroatoms. The Bertz CT molecular complexity index is 1290. The molecule has 2 aromatic carbocycles. The van der Waals surface area contributed by atoms with Crippen LogP contribution in [0.4, 0.5) is 10.1 Å². The van der Waals surface area contributed by atoms with Crippen molar-refractivity contribution in [2.75, 3.05) is 25.0 Å². The molecule has 0 radical (unpaired) electrons. The molecule has 6 nitrogen and oxygen atoms in total. The number of nitrogens with one attached hydrogen (secondary N) is 1. The molecule has 1 saturated heterocycles. The average molecular weight is 526 g/mol. The molecule has 2 heterocycles. The zero-order valence-electron chi connectivity index (χ0n) is 21.0. The topological polar surface area (TPSA) is 85.7 Å². The summed E-state index contributed by atoms with van der Waals surface area (Å²) in [6.45, 7) is 3.90. The van der Waals surface area contributed by atoms with E-state index in [4.69, 9.17) is 11.6 Å². The van der Waals surface area contributed by atoms with Gasteiger partial charge < -0.3 is 15.5 Å². The number of anilines is 1. The zero-order valence-corrected chi connectivity index (χ0v) is 21.8. The monoisotopic (exact) mass is 525 g/mol. The van der Waals surface area contributed by atoms with E-state index in [1.165, 1.54) is 19.1 Å². The molecule has 2 aliphatic rings. The second-order valence-electron chi connectivity index (χ2n) is 10.5. The lowest BCUT2D eigenvalue weighted by molar-refractivity contribution is 0.101. The van der Waals surface area contributed by atoms with Crippen LogP contribution in [0.3, 0.4) is 0 Å². The number of Topliss-reactive ketones (excluding diaryl/α,β-unsaturated/α-hetero) is 1. The van der Waals surface area contributed by atoms with Crippen LogP contribution in [-0.2, 0) is 0 Å². The molecule has 1 aliphatic carbocycles. The van der Waals surface area contributed by atoms with E-state index in [0.717, 1.165) is 68.2 Å². The number of hydrogen-bond donors (Lipinski definition) is 3. The van der Waals surface area contributed by atoms with Crippen LogP contribution < -0.4 is 5.32 Å². The van der Waals surface area contributed by atoms with Crippen molar-refractivity contribution in [2.45, 2.75) is 57.5 Å². The van der Waals surface area contributed by atoms with Crippen LogP contribution in [-0.4, -0.2) is 57.7 Å². The first-order valence-corrected chi connectivity index (χ1v) is 13.5. The summed E-state index contributed by atoms with van der Waals surface area (Å²) in [5.74, 6) is -0.805. The Labute approximate surface area is 221 Å². The summed E-state index contributed by atoms with van der Waals surface area (Å²) < 4.78 is 14.2. The highest BCUT2D eigenvalue weighted by molar-refractivity contribution is 6.32. The van der Waals surface area contributed by atoms with Gasteiger partial charge in [-0.15, -0.1) is 0 Å². The lowest BCUT2D eigenvalue weighted by atomic mass is 9.85. The fourth-order valence-electron chi connectivity index (χ4n) is 5.89. The van der Waals surface area contributed by atoms with E-state index >= 15 is 0 Å². The number of phenols is 1. The molecule has 2 fully saturated rings. The Morgan fingerprint density at radius 1 is 1.16 bits per heavy atom. The van der Waals surface area contributed by atoms with Gasteiger partial charge in [-0.3, -0.25) is 14.7 Å². The summed E-state index contributed by atoms with van der Waals surface area (Å²) in [4.78, 5) is 19.5. The van der Waals surface area contributed by atoms with Gasteiger partial charge in [0, 0.05) is 30.2 Å². The Morgan fingerprint density at radius 3 is 2.65 bits per heavy atom. The lowest BCUT2D eigenvalue weighted by Crippen LogP contribution is -2.38. The van der Waals surface area contributed by atoms with Crippen molar-refractivity contribution >= 4 is 34.0 Å². The van der Waals surface area contributed by atoms with Crippen molar-refractivity contribution in [2.24, 2.45) is 5.92 Å². The van der Waals surface area contributed by atoms with Gasteiger partial charge in [-0.1, -0.05) is 17.7 Å². The highest BCUT2D eigenvalue weighted by Gasteiger charge is 2.29. The molecule has 5 rings (SSSR count). The Morgan fingerprint density at radius 2 is 1.95 bits per heavy atom. The third-order valence-corrected chi connectivity index (χ3v) is 8.28. The number of fused-ring (bicyclic) bond motifs is 1. The maximum atomic E-state index is 14.2. The smallest absolute Gasteiger partial charge is 0.170 e. The van der Waals surface area contributed by atoms with E-state index in [0.29, 0.717) is 28.7 Å². The van der Waals surface area contributed by atoms with Crippen LogP contribution in [0.2, 0.25) is 5.02 Å². The van der Waals surface area contributed by atoms with Crippen molar-refractivity contribution in [1.29, 1.82) is 0 Å². The normalized spacial score (nSPS) is 22.4. The Kier molecular flexibility index (Phi) is 7.65. The molecule has 1 aromatic heterocycles. The van der Waals surface area contributed by atoms with E-state index in [9.17, 15) is 19.4 Å². The molecule has 0 spiro atoms. The van der Waals surface area contributed by atoms with Gasteiger partial charge in [0.2, 0.25) is 0 Å². The number of carbonyl (C=O) groups excluding carboxylic acids is 1. The molecular formula is C29H33ClFN3O3. The van der Waals surface area contributed by atoms with Gasteiger partial charge in [-0.2, -0.15) is 0 Å². The predicted octanol–water partition coefficient (Wildman–Crippen LogP) is 6.03. The van der Waals surface area contributed by atoms with Gasteiger partial charge >= 0.3 is 0 Å². The number of aromatic nitrogens is 1. The highest BCUT2D eigenvalue weighted by Crippen LogP contribution is 2.37. The van der Waals surface area contributed by atoms with Crippen molar-refractivity contribution < 1.29 is 19.4 Å². The minimum atomic E-state index is -0.785. The molecular weight excluding hydrogens is 493 g/mol. The number of carbonyl (C=O) groups is 1. The van der Waals surface area contributed by atoms with Crippen molar-refractivity contribution in [3.05, 3.63) is 52.9 Å². The number of aliphatic hydroxyl groups excluding tert-OH is 1. The second kappa shape index (κ2) is 10.9. The molecule has 196 valence electrons. The molecule has 0 bridgehead atoms. The summed E-state index contributed by atoms with van der Waals surface area (Å²) in [5, 5.41) is 23.8. The average Bonchev–Trinajstić information content (AvgIpc) is 3.34. The number of likely N-dealkylation sites (tertiary alicyclic amines) is 1. The molecule has 37 heavy (non-hydrogen) atoms. The van der Waals surface area contributed by atoms with Gasteiger partial charge in [-0.05, 0) is 93.3 Å². The summed E-state index contributed by atoms with van der Waals surface area (Å²) in [6, 6.07) is 8.90. The van der Waals surface area contributed by atoms with Crippen LogP contribution in [0.15, 0.2) is 36.5 Å². The highest BCUT2D eigenvalue weighted by atomic mass is 35.5. The first-order valence-electron chi connectivity index (χ1n) is 13.1. The van der Waals surface area contributed by atoms with Crippen LogP contribution in [0, 0.1) is 11.7 Å².